The van der Waals surface area contributed by atoms with Crippen LogP contribution in [-0.2, 0) is 4.74 Å². The fourth-order valence-electron chi connectivity index (χ4n) is 2.15. The number of nitrogens with one attached hydrogen (secondary N) is 1. The Kier molecular flexibility index (Phi) is 6.18. The van der Waals surface area contributed by atoms with Crippen LogP contribution >= 0.6 is 0 Å². The molecule has 0 aromatic carbocycles. The van der Waals surface area contributed by atoms with Gasteiger partial charge in [0.15, 0.2) is 0 Å². The third-order valence-electron chi connectivity index (χ3n) is 2.97. The largest absolute Gasteiger partial charge is 0.383 e. The molecule has 1 saturated heterocycles. The van der Waals surface area contributed by atoms with Gasteiger partial charge in [0, 0.05) is 20.2 Å². The summed E-state index contributed by atoms with van der Waals surface area (Å²) in [5.41, 5.74) is 2.69. The number of aliphatic imine (C=N–C) groups is 1. The van der Waals surface area contributed by atoms with E-state index >= 15 is 0 Å². The van der Waals surface area contributed by atoms with Crippen molar-refractivity contribution < 1.29 is 4.74 Å². The van der Waals surface area contributed by atoms with E-state index in [-0.39, 0.29) is 0 Å². The summed E-state index contributed by atoms with van der Waals surface area (Å²) in [5.74, 6) is 7.09. The number of methoxy groups -OCH3 is 1. The molecule has 5 nitrogen and oxygen atoms in total. The highest BCUT2D eigenvalue weighted by Gasteiger charge is 2.23. The van der Waals surface area contributed by atoms with Crippen molar-refractivity contribution in [3.05, 3.63) is 0 Å². The van der Waals surface area contributed by atoms with E-state index in [1.54, 1.807) is 7.11 Å². The monoisotopic (exact) mass is 228 g/mol. The van der Waals surface area contributed by atoms with Gasteiger partial charge in [0.2, 0.25) is 5.96 Å². The Hall–Kier alpha value is -0.810. The van der Waals surface area contributed by atoms with Gasteiger partial charge in [-0.1, -0.05) is 13.3 Å². The van der Waals surface area contributed by atoms with E-state index in [0.717, 1.165) is 25.0 Å². The SMILES string of the molecule is CCCC1CCN(C(=NCCOC)NN)C1. The molecule has 5 heteroatoms. The summed E-state index contributed by atoms with van der Waals surface area (Å²) in [6, 6.07) is 0. The van der Waals surface area contributed by atoms with Crippen molar-refractivity contribution in [3.63, 3.8) is 0 Å². The number of hydrogen-bond donors (Lipinski definition) is 2. The van der Waals surface area contributed by atoms with Crippen molar-refractivity contribution in [1.29, 1.82) is 0 Å². The standard InChI is InChI=1S/C11H24N4O/c1-3-4-10-5-7-15(9-10)11(14-12)13-6-8-16-2/h10H,3-9,12H2,1-2H3,(H,13,14). The van der Waals surface area contributed by atoms with Gasteiger partial charge in [-0.2, -0.15) is 0 Å². The predicted molar refractivity (Wildman–Crippen MR) is 66.1 cm³/mol. The predicted octanol–water partition coefficient (Wildman–Crippen LogP) is 0.574. The molecule has 0 saturated carbocycles. The third kappa shape index (κ3) is 3.98. The van der Waals surface area contributed by atoms with Crippen LogP contribution in [0.25, 0.3) is 0 Å². The summed E-state index contributed by atoms with van der Waals surface area (Å²) in [6.07, 6.45) is 3.80. The molecule has 0 radical (unpaired) electrons. The van der Waals surface area contributed by atoms with Crippen LogP contribution in [0.5, 0.6) is 0 Å². The highest BCUT2D eigenvalue weighted by molar-refractivity contribution is 5.79. The van der Waals surface area contributed by atoms with E-state index in [2.05, 4.69) is 22.2 Å². The maximum atomic E-state index is 5.49. The van der Waals surface area contributed by atoms with Gasteiger partial charge in [0.25, 0.3) is 0 Å². The molecule has 94 valence electrons. The molecule has 0 spiro atoms. The third-order valence-corrected chi connectivity index (χ3v) is 2.97. The van der Waals surface area contributed by atoms with Gasteiger partial charge < -0.3 is 9.64 Å². The minimum Gasteiger partial charge on any atom is -0.383 e. The minimum absolute atomic E-state index is 0.636. The van der Waals surface area contributed by atoms with Crippen LogP contribution in [0.1, 0.15) is 26.2 Å². The van der Waals surface area contributed by atoms with Gasteiger partial charge in [0.05, 0.1) is 13.2 Å². The number of nitrogens with zero attached hydrogens (tertiary/aromatic N) is 2. The molecule has 1 aliphatic heterocycles. The van der Waals surface area contributed by atoms with Crippen molar-refractivity contribution >= 4 is 5.96 Å². The molecule has 1 aliphatic rings. The fraction of sp³-hybridized carbons (Fsp3) is 0.909. The highest BCUT2D eigenvalue weighted by atomic mass is 16.5. The first-order chi connectivity index (χ1) is 7.81. The maximum Gasteiger partial charge on any atom is 0.208 e. The Balaban J connectivity index is 2.39. The summed E-state index contributed by atoms with van der Waals surface area (Å²) in [4.78, 5) is 6.62. The average molecular weight is 228 g/mol. The Labute approximate surface area is 98.0 Å². The molecule has 1 fully saturated rings. The van der Waals surface area contributed by atoms with Gasteiger partial charge >= 0.3 is 0 Å². The van der Waals surface area contributed by atoms with E-state index in [1.165, 1.54) is 19.3 Å². The van der Waals surface area contributed by atoms with Crippen LogP contribution in [0.2, 0.25) is 0 Å². The lowest BCUT2D eigenvalue weighted by Crippen LogP contribution is -2.44. The second kappa shape index (κ2) is 7.46. The molecule has 3 N–H and O–H groups in total. The van der Waals surface area contributed by atoms with Crippen LogP contribution < -0.4 is 11.3 Å². The van der Waals surface area contributed by atoms with Crippen molar-refractivity contribution in [2.45, 2.75) is 26.2 Å². The number of rotatable bonds is 5. The average Bonchev–Trinajstić information content (AvgIpc) is 2.74. The quantitative estimate of drug-likeness (QED) is 0.237. The normalized spacial score (nSPS) is 21.6. The number of nitrogens with two attached hydrogens (primary N) is 1. The minimum atomic E-state index is 0.636. The zero-order valence-corrected chi connectivity index (χ0v) is 10.4. The summed E-state index contributed by atoms with van der Waals surface area (Å²) >= 11 is 0. The van der Waals surface area contributed by atoms with Crippen LogP contribution in [0.4, 0.5) is 0 Å². The van der Waals surface area contributed by atoms with Gasteiger partial charge in [-0.3, -0.25) is 5.43 Å². The molecule has 0 aromatic rings. The fourth-order valence-corrected chi connectivity index (χ4v) is 2.15. The summed E-state index contributed by atoms with van der Waals surface area (Å²) in [7, 11) is 1.68. The molecule has 0 aliphatic carbocycles. The Morgan fingerprint density at radius 3 is 3.06 bits per heavy atom. The maximum absolute atomic E-state index is 5.49. The van der Waals surface area contributed by atoms with Gasteiger partial charge in [-0.15, -0.1) is 0 Å². The lowest BCUT2D eigenvalue weighted by atomic mass is 10.0. The van der Waals surface area contributed by atoms with E-state index < -0.39 is 0 Å². The molecule has 1 heterocycles. The lowest BCUT2D eigenvalue weighted by Gasteiger charge is -2.20. The van der Waals surface area contributed by atoms with Gasteiger partial charge in [-0.25, -0.2) is 10.8 Å². The molecule has 0 amide bonds. The second-order valence-corrected chi connectivity index (χ2v) is 4.23. The first-order valence-corrected chi connectivity index (χ1v) is 6.06. The van der Waals surface area contributed by atoms with Crippen molar-refractivity contribution in [2.24, 2.45) is 16.8 Å². The van der Waals surface area contributed by atoms with Gasteiger partial charge in [0.1, 0.15) is 0 Å². The first-order valence-electron chi connectivity index (χ1n) is 6.06. The molecule has 1 atom stereocenters. The van der Waals surface area contributed by atoms with Crippen LogP contribution in [0, 0.1) is 5.92 Å². The zero-order valence-electron chi connectivity index (χ0n) is 10.4. The van der Waals surface area contributed by atoms with Crippen molar-refractivity contribution in [3.8, 4) is 0 Å². The van der Waals surface area contributed by atoms with Crippen molar-refractivity contribution in [1.82, 2.24) is 10.3 Å². The Morgan fingerprint density at radius 1 is 1.62 bits per heavy atom. The summed E-state index contributed by atoms with van der Waals surface area (Å²) in [5, 5.41) is 0. The number of guanidine groups is 1. The first kappa shape index (κ1) is 13.3. The Bertz CT molecular complexity index is 220. The van der Waals surface area contributed by atoms with Crippen molar-refractivity contribution in [2.75, 3.05) is 33.4 Å². The van der Waals surface area contributed by atoms with Crippen LogP contribution in [0.15, 0.2) is 4.99 Å². The second-order valence-electron chi connectivity index (χ2n) is 4.23. The summed E-state index contributed by atoms with van der Waals surface area (Å²) in [6.45, 7) is 5.66. The molecule has 1 unspecified atom stereocenters. The number of hydrogen-bond acceptors (Lipinski definition) is 3. The number of hydrazine groups is 1. The van der Waals surface area contributed by atoms with E-state index in [4.69, 9.17) is 10.6 Å². The molecular weight excluding hydrogens is 204 g/mol. The van der Waals surface area contributed by atoms with E-state index in [0.29, 0.717) is 13.2 Å². The van der Waals surface area contributed by atoms with Crippen LogP contribution in [-0.4, -0.2) is 44.2 Å². The smallest absolute Gasteiger partial charge is 0.208 e. The summed E-state index contributed by atoms with van der Waals surface area (Å²) < 4.78 is 4.96. The molecule has 16 heavy (non-hydrogen) atoms. The molecule has 0 bridgehead atoms. The lowest BCUT2D eigenvalue weighted by molar-refractivity contribution is 0.207. The van der Waals surface area contributed by atoms with Crippen LogP contribution in [0.3, 0.4) is 0 Å². The highest BCUT2D eigenvalue weighted by Crippen LogP contribution is 2.20. The van der Waals surface area contributed by atoms with E-state index in [9.17, 15) is 0 Å². The molecule has 0 aromatic heterocycles. The molecule has 1 rings (SSSR count). The Morgan fingerprint density at radius 2 is 2.44 bits per heavy atom. The zero-order chi connectivity index (χ0) is 11.8. The number of ether oxygens (including phenoxy) is 1. The van der Waals surface area contributed by atoms with E-state index in [1.807, 2.05) is 0 Å². The topological polar surface area (TPSA) is 62.9 Å². The number of likely N-dealkylation sites (tertiary alicyclic amines) is 1. The molecular formula is C11H24N4O. The van der Waals surface area contributed by atoms with Gasteiger partial charge in [-0.05, 0) is 18.8 Å².